The van der Waals surface area contributed by atoms with Gasteiger partial charge in [-0.25, -0.2) is 4.98 Å². The molecular formula is C18H11F3N4O4. The standard InChI is InChI=1S/C18H11F3N4O4/c19-18(20,21)17(27)24-15-14(8-11(9-22-15)25(28)29)23-16(26)13-7-3-5-10-4-1-2-6-12(10)13/h1-9H,(H,23,26)(H,22,24,27). The van der Waals surface area contributed by atoms with E-state index in [0.29, 0.717) is 11.6 Å². The van der Waals surface area contributed by atoms with Gasteiger partial charge in [-0.1, -0.05) is 36.4 Å². The van der Waals surface area contributed by atoms with Gasteiger partial charge in [-0.05, 0) is 16.8 Å². The van der Waals surface area contributed by atoms with Crippen molar-refractivity contribution in [1.29, 1.82) is 0 Å². The third-order valence-electron chi connectivity index (χ3n) is 3.86. The molecule has 11 heteroatoms. The number of alkyl halides is 3. The number of anilines is 2. The van der Waals surface area contributed by atoms with Crippen molar-refractivity contribution in [3.63, 3.8) is 0 Å². The van der Waals surface area contributed by atoms with Gasteiger partial charge in [0.1, 0.15) is 6.20 Å². The van der Waals surface area contributed by atoms with Gasteiger partial charge in [0, 0.05) is 11.6 Å². The van der Waals surface area contributed by atoms with Gasteiger partial charge in [0.25, 0.3) is 11.6 Å². The lowest BCUT2D eigenvalue weighted by Gasteiger charge is -2.13. The molecule has 0 bridgehead atoms. The van der Waals surface area contributed by atoms with Gasteiger partial charge in [-0.2, -0.15) is 13.2 Å². The zero-order valence-electron chi connectivity index (χ0n) is 14.4. The molecule has 0 aliphatic heterocycles. The molecule has 0 aliphatic carbocycles. The monoisotopic (exact) mass is 404 g/mol. The van der Waals surface area contributed by atoms with E-state index < -0.39 is 40.1 Å². The van der Waals surface area contributed by atoms with E-state index in [0.717, 1.165) is 11.5 Å². The SMILES string of the molecule is O=C(Nc1cc([N+](=O)[O-])cnc1NC(=O)C(F)(F)F)c1cccc2ccccc12. The molecule has 1 aromatic heterocycles. The zero-order valence-corrected chi connectivity index (χ0v) is 14.4. The highest BCUT2D eigenvalue weighted by molar-refractivity contribution is 6.14. The summed E-state index contributed by atoms with van der Waals surface area (Å²) in [5.74, 6) is -3.75. The molecule has 148 valence electrons. The summed E-state index contributed by atoms with van der Waals surface area (Å²) < 4.78 is 37.6. The van der Waals surface area contributed by atoms with Gasteiger partial charge < -0.3 is 10.6 Å². The number of benzene rings is 2. The molecule has 2 N–H and O–H groups in total. The topological polar surface area (TPSA) is 114 Å². The van der Waals surface area contributed by atoms with E-state index in [9.17, 15) is 32.9 Å². The van der Waals surface area contributed by atoms with Crippen LogP contribution in [0.4, 0.5) is 30.4 Å². The number of aromatic nitrogens is 1. The first-order valence-corrected chi connectivity index (χ1v) is 7.98. The summed E-state index contributed by atoms with van der Waals surface area (Å²) in [5.41, 5.74) is -0.847. The second kappa shape index (κ2) is 7.54. The molecule has 0 saturated carbocycles. The van der Waals surface area contributed by atoms with E-state index >= 15 is 0 Å². The zero-order chi connectivity index (χ0) is 21.2. The second-order valence-corrected chi connectivity index (χ2v) is 5.78. The van der Waals surface area contributed by atoms with Crippen molar-refractivity contribution in [2.24, 2.45) is 0 Å². The molecule has 0 fully saturated rings. The largest absolute Gasteiger partial charge is 0.471 e. The van der Waals surface area contributed by atoms with Crippen LogP contribution in [0.1, 0.15) is 10.4 Å². The lowest BCUT2D eigenvalue weighted by molar-refractivity contribution is -0.385. The smallest absolute Gasteiger partial charge is 0.319 e. The van der Waals surface area contributed by atoms with E-state index in [2.05, 4.69) is 10.3 Å². The fraction of sp³-hybridized carbons (Fsp3) is 0.0556. The average molecular weight is 404 g/mol. The molecule has 0 spiro atoms. The van der Waals surface area contributed by atoms with Crippen molar-refractivity contribution in [1.82, 2.24) is 4.98 Å². The number of nitrogens with one attached hydrogen (secondary N) is 2. The van der Waals surface area contributed by atoms with Crippen molar-refractivity contribution < 1.29 is 27.7 Å². The Bertz CT molecular complexity index is 1130. The first kappa shape index (κ1) is 19.7. The molecule has 29 heavy (non-hydrogen) atoms. The summed E-state index contributed by atoms with van der Waals surface area (Å²) in [4.78, 5) is 37.5. The minimum atomic E-state index is -5.21. The Balaban J connectivity index is 1.99. The third-order valence-corrected chi connectivity index (χ3v) is 3.86. The molecule has 1 heterocycles. The summed E-state index contributed by atoms with van der Waals surface area (Å²) in [7, 11) is 0. The van der Waals surface area contributed by atoms with Crippen LogP contribution < -0.4 is 10.6 Å². The highest BCUT2D eigenvalue weighted by atomic mass is 19.4. The number of rotatable bonds is 4. The Morgan fingerprint density at radius 3 is 2.41 bits per heavy atom. The van der Waals surface area contributed by atoms with Crippen LogP contribution in [0.15, 0.2) is 54.7 Å². The third kappa shape index (κ3) is 4.29. The van der Waals surface area contributed by atoms with Crippen LogP contribution in [-0.2, 0) is 4.79 Å². The summed E-state index contributed by atoms with van der Waals surface area (Å²) in [6.07, 6.45) is -4.54. The normalized spacial score (nSPS) is 11.1. The van der Waals surface area contributed by atoms with Gasteiger partial charge in [0.05, 0.1) is 10.6 Å². The minimum Gasteiger partial charge on any atom is -0.319 e. The maximum absolute atomic E-state index is 12.7. The van der Waals surface area contributed by atoms with Crippen molar-refractivity contribution in [2.45, 2.75) is 6.18 Å². The first-order valence-electron chi connectivity index (χ1n) is 7.98. The quantitative estimate of drug-likeness (QED) is 0.506. The van der Waals surface area contributed by atoms with E-state index in [1.54, 1.807) is 36.4 Å². The van der Waals surface area contributed by atoms with E-state index in [1.165, 1.54) is 11.4 Å². The van der Waals surface area contributed by atoms with Gasteiger partial charge in [-0.15, -0.1) is 0 Å². The number of carbonyl (C=O) groups excluding carboxylic acids is 2. The Hall–Kier alpha value is -4.02. The highest BCUT2D eigenvalue weighted by Gasteiger charge is 2.39. The number of hydrogen-bond donors (Lipinski definition) is 2. The van der Waals surface area contributed by atoms with Crippen molar-refractivity contribution in [2.75, 3.05) is 10.6 Å². The van der Waals surface area contributed by atoms with Crippen LogP contribution in [-0.4, -0.2) is 27.9 Å². The number of nitro groups is 1. The van der Waals surface area contributed by atoms with Crippen molar-refractivity contribution >= 4 is 39.8 Å². The molecule has 2 aromatic carbocycles. The predicted molar refractivity (Wildman–Crippen MR) is 97.5 cm³/mol. The first-order chi connectivity index (χ1) is 13.7. The van der Waals surface area contributed by atoms with Crippen LogP contribution in [0.25, 0.3) is 10.8 Å². The molecule has 8 nitrogen and oxygen atoms in total. The number of nitrogens with zero attached hydrogens (tertiary/aromatic N) is 2. The lowest BCUT2D eigenvalue weighted by atomic mass is 10.0. The maximum Gasteiger partial charge on any atom is 0.471 e. The number of pyridine rings is 1. The fourth-order valence-corrected chi connectivity index (χ4v) is 2.54. The Morgan fingerprint density at radius 2 is 1.72 bits per heavy atom. The average Bonchev–Trinajstić information content (AvgIpc) is 2.67. The number of fused-ring (bicyclic) bond motifs is 1. The van der Waals surface area contributed by atoms with Gasteiger partial charge in [0.15, 0.2) is 5.82 Å². The predicted octanol–water partition coefficient (Wildman–Crippen LogP) is 3.90. The molecule has 0 aliphatic rings. The molecule has 0 atom stereocenters. The highest BCUT2D eigenvalue weighted by Crippen LogP contribution is 2.28. The van der Waals surface area contributed by atoms with Crippen LogP contribution >= 0.6 is 0 Å². The number of amides is 2. The minimum absolute atomic E-state index is 0.183. The summed E-state index contributed by atoms with van der Waals surface area (Å²) in [6, 6.07) is 12.5. The van der Waals surface area contributed by atoms with E-state index in [1.807, 2.05) is 0 Å². The van der Waals surface area contributed by atoms with E-state index in [-0.39, 0.29) is 5.56 Å². The van der Waals surface area contributed by atoms with Gasteiger partial charge >= 0.3 is 12.1 Å². The van der Waals surface area contributed by atoms with Crippen LogP contribution in [0.2, 0.25) is 0 Å². The van der Waals surface area contributed by atoms with Crippen LogP contribution in [0, 0.1) is 10.1 Å². The Labute approximate surface area is 160 Å². The number of halogens is 3. The molecule has 0 saturated heterocycles. The number of hydrogen-bond acceptors (Lipinski definition) is 5. The molecular weight excluding hydrogens is 393 g/mol. The lowest BCUT2D eigenvalue weighted by Crippen LogP contribution is -2.31. The van der Waals surface area contributed by atoms with Crippen LogP contribution in [0.3, 0.4) is 0 Å². The Morgan fingerprint density at radius 1 is 1.03 bits per heavy atom. The Kier molecular flexibility index (Phi) is 5.13. The van der Waals surface area contributed by atoms with Gasteiger partial charge in [0.2, 0.25) is 0 Å². The van der Waals surface area contributed by atoms with Crippen LogP contribution in [0.5, 0.6) is 0 Å². The molecule has 2 amide bonds. The van der Waals surface area contributed by atoms with E-state index in [4.69, 9.17) is 0 Å². The summed E-state index contributed by atoms with van der Waals surface area (Å²) in [5, 5.41) is 16.0. The molecule has 0 radical (unpaired) electrons. The summed E-state index contributed by atoms with van der Waals surface area (Å²) in [6.45, 7) is 0. The van der Waals surface area contributed by atoms with Crippen molar-refractivity contribution in [3.8, 4) is 0 Å². The molecule has 0 unspecified atom stereocenters. The number of carbonyl (C=O) groups is 2. The fourth-order valence-electron chi connectivity index (χ4n) is 2.54. The molecule has 3 rings (SSSR count). The second-order valence-electron chi connectivity index (χ2n) is 5.78. The van der Waals surface area contributed by atoms with Crippen molar-refractivity contribution in [3.05, 3.63) is 70.4 Å². The van der Waals surface area contributed by atoms with Gasteiger partial charge in [-0.3, -0.25) is 19.7 Å². The maximum atomic E-state index is 12.7. The summed E-state index contributed by atoms with van der Waals surface area (Å²) >= 11 is 0. The molecule has 3 aromatic rings.